The van der Waals surface area contributed by atoms with E-state index in [-0.39, 0.29) is 4.70 Å². The van der Waals surface area contributed by atoms with Gasteiger partial charge in [0.15, 0.2) is 0 Å². The highest BCUT2D eigenvalue weighted by molar-refractivity contribution is 6.01. The molecule has 0 bridgehead atoms. The zero-order valence-corrected chi connectivity index (χ0v) is 11.2. The van der Waals surface area contributed by atoms with Crippen LogP contribution in [0.4, 0.5) is 21.8 Å². The van der Waals surface area contributed by atoms with Crippen LogP contribution in [0, 0.1) is 12.8 Å². The number of hydrogen-bond acceptors (Lipinski definition) is 2. The predicted molar refractivity (Wildman–Crippen MR) is 74.3 cm³/mol. The molecule has 0 atom stereocenters. The molecule has 2 rings (SSSR count). The first-order valence-electron chi connectivity index (χ1n) is 6.29. The van der Waals surface area contributed by atoms with Gasteiger partial charge in [-0.15, -0.1) is 0 Å². The minimum absolute atomic E-state index is 0. The molecule has 1 N–H and O–H groups in total. The van der Waals surface area contributed by atoms with Gasteiger partial charge in [-0.2, -0.15) is 0 Å². The fourth-order valence-corrected chi connectivity index (χ4v) is 2.08. The zero-order chi connectivity index (χ0) is 11.7. The Kier molecular flexibility index (Phi) is 4.38. The second-order valence-electron chi connectivity index (χ2n) is 5.04. The molecule has 3 heteroatoms. The fraction of sp³-hybridized carbons (Fsp3) is 0.571. The molecule has 0 amide bonds. The maximum atomic E-state index is 3.39. The van der Waals surface area contributed by atoms with E-state index in [1.165, 1.54) is 29.0 Å². The molecule has 1 aromatic carbocycles. The van der Waals surface area contributed by atoms with Crippen LogP contribution in [0.25, 0.3) is 0 Å². The molecule has 0 aromatic heterocycles. The number of aryl methyl sites for hydroxylation is 1. The largest absolute Gasteiger partial charge is 0.370 e. The molecule has 17 heavy (non-hydrogen) atoms. The number of fused-ring (bicyclic) bond motifs is 1. The molecule has 0 unspecified atom stereocenters. The molecule has 0 saturated carbocycles. The summed E-state index contributed by atoms with van der Waals surface area (Å²) in [6.07, 6.45) is 1.26. The third-order valence-corrected chi connectivity index (χ3v) is 3.28. The maximum absolute atomic E-state index is 3.39. The number of rotatable bonds is 5. The number of halogens is 1. The van der Waals surface area contributed by atoms with Crippen molar-refractivity contribution < 1.29 is 4.70 Å². The van der Waals surface area contributed by atoms with Crippen molar-refractivity contribution in [3.05, 3.63) is 17.7 Å². The van der Waals surface area contributed by atoms with E-state index < -0.39 is 0 Å². The Labute approximate surface area is 103 Å². The van der Waals surface area contributed by atoms with E-state index in [1.807, 2.05) is 0 Å². The van der Waals surface area contributed by atoms with Crippen LogP contribution in [0.2, 0.25) is 0 Å². The first-order valence-corrected chi connectivity index (χ1v) is 6.29. The minimum atomic E-state index is 0. The molecule has 2 nitrogen and oxygen atoms in total. The predicted octanol–water partition coefficient (Wildman–Crippen LogP) is 4.08. The third kappa shape index (κ3) is 2.90. The van der Waals surface area contributed by atoms with E-state index in [0.29, 0.717) is 0 Å². The van der Waals surface area contributed by atoms with E-state index in [2.05, 4.69) is 50.0 Å². The normalized spacial score (nSPS) is 11.6. The van der Waals surface area contributed by atoms with Crippen molar-refractivity contribution in [3.8, 4) is 0 Å². The summed E-state index contributed by atoms with van der Waals surface area (Å²) >= 11 is 0. The SMILES string of the molecule is CCN(CCC(C)C)c1ccc(C)c2c1N2.F. The number of anilines is 3. The summed E-state index contributed by atoms with van der Waals surface area (Å²) in [5.41, 5.74) is 5.44. The smallest absolute Gasteiger partial charge is 0.0864 e. The van der Waals surface area contributed by atoms with Crippen LogP contribution in [0.3, 0.4) is 0 Å². The average Bonchev–Trinajstić information content (AvgIpc) is 3.02. The first-order chi connectivity index (χ1) is 7.63. The molecule has 1 aromatic rings. The molecule has 0 aliphatic carbocycles. The van der Waals surface area contributed by atoms with Crippen molar-refractivity contribution in [3.63, 3.8) is 0 Å². The van der Waals surface area contributed by atoms with Crippen LogP contribution >= 0.6 is 0 Å². The Morgan fingerprint density at radius 1 is 1.24 bits per heavy atom. The summed E-state index contributed by atoms with van der Waals surface area (Å²) in [6, 6.07) is 4.46. The molecule has 1 heterocycles. The molecule has 1 aliphatic rings. The Morgan fingerprint density at radius 2 is 1.94 bits per heavy atom. The van der Waals surface area contributed by atoms with Gasteiger partial charge in [0.1, 0.15) is 0 Å². The van der Waals surface area contributed by atoms with Crippen molar-refractivity contribution >= 4 is 17.1 Å². The van der Waals surface area contributed by atoms with E-state index in [4.69, 9.17) is 0 Å². The lowest BCUT2D eigenvalue weighted by molar-refractivity contribution is 0.577. The molecule has 1 aliphatic heterocycles. The van der Waals surface area contributed by atoms with Gasteiger partial charge in [-0.05, 0) is 37.8 Å². The van der Waals surface area contributed by atoms with Gasteiger partial charge in [0.05, 0.1) is 17.1 Å². The minimum Gasteiger partial charge on any atom is -0.370 e. The van der Waals surface area contributed by atoms with Crippen molar-refractivity contribution in [1.82, 2.24) is 0 Å². The quantitative estimate of drug-likeness (QED) is 0.794. The lowest BCUT2D eigenvalue weighted by Crippen LogP contribution is -2.24. The first kappa shape index (κ1) is 13.8. The molecule has 96 valence electrons. The van der Waals surface area contributed by atoms with Gasteiger partial charge in [-0.3, -0.25) is 4.70 Å². The van der Waals surface area contributed by atoms with Gasteiger partial charge in [0.25, 0.3) is 0 Å². The monoisotopic (exact) mass is 238 g/mol. The van der Waals surface area contributed by atoms with Crippen LogP contribution in [0.5, 0.6) is 0 Å². The van der Waals surface area contributed by atoms with Crippen LogP contribution in [0.15, 0.2) is 12.1 Å². The molecular weight excluding hydrogens is 215 g/mol. The van der Waals surface area contributed by atoms with Crippen LogP contribution in [0.1, 0.15) is 32.8 Å². The van der Waals surface area contributed by atoms with Gasteiger partial charge in [-0.1, -0.05) is 19.9 Å². The van der Waals surface area contributed by atoms with Crippen molar-refractivity contribution in [2.75, 3.05) is 23.3 Å². The van der Waals surface area contributed by atoms with Crippen molar-refractivity contribution in [2.45, 2.75) is 34.1 Å². The summed E-state index contributed by atoms with van der Waals surface area (Å²) in [7, 11) is 0. The number of nitrogens with one attached hydrogen (secondary N) is 1. The van der Waals surface area contributed by atoms with Gasteiger partial charge < -0.3 is 10.2 Å². The number of benzene rings is 1. The third-order valence-electron chi connectivity index (χ3n) is 3.28. The van der Waals surface area contributed by atoms with Gasteiger partial charge in [-0.25, -0.2) is 0 Å². The second kappa shape index (κ2) is 5.39. The lowest BCUT2D eigenvalue weighted by atomic mass is 10.1. The lowest BCUT2D eigenvalue weighted by Gasteiger charge is -2.23. The van der Waals surface area contributed by atoms with Gasteiger partial charge >= 0.3 is 0 Å². The standard InChI is InChI=1S/C14H22N2.FH/c1-5-16(9-8-10(2)3)12-7-6-11(4)13-14(12)15-13;/h6-7,10,15H,5,8-9H2,1-4H3;1H. The Hall–Kier alpha value is -1.25. The zero-order valence-electron chi connectivity index (χ0n) is 11.2. The molecule has 0 radical (unpaired) electrons. The van der Waals surface area contributed by atoms with Crippen LogP contribution in [-0.2, 0) is 0 Å². The summed E-state index contributed by atoms with van der Waals surface area (Å²) in [6.45, 7) is 11.2. The van der Waals surface area contributed by atoms with Crippen LogP contribution < -0.4 is 10.2 Å². The highest BCUT2D eigenvalue weighted by atomic mass is 19.0. The van der Waals surface area contributed by atoms with E-state index in [1.54, 1.807) is 0 Å². The summed E-state index contributed by atoms with van der Waals surface area (Å²) in [4.78, 5) is 2.47. The second-order valence-corrected chi connectivity index (χ2v) is 5.04. The number of nitrogens with zero attached hydrogens (tertiary/aromatic N) is 1. The highest BCUT2D eigenvalue weighted by Gasteiger charge is 2.25. The summed E-state index contributed by atoms with van der Waals surface area (Å²) in [5, 5.41) is 3.39. The van der Waals surface area contributed by atoms with Crippen LogP contribution in [-0.4, -0.2) is 13.1 Å². The number of hydrogen-bond donors (Lipinski definition) is 1. The average molecular weight is 238 g/mol. The highest BCUT2D eigenvalue weighted by Crippen LogP contribution is 2.49. The molecular formula is C14H23FN2. The summed E-state index contributed by atoms with van der Waals surface area (Å²) in [5.74, 6) is 0.774. The van der Waals surface area contributed by atoms with Gasteiger partial charge in [0.2, 0.25) is 0 Å². The maximum Gasteiger partial charge on any atom is 0.0864 e. The topological polar surface area (TPSA) is 25.2 Å². The van der Waals surface area contributed by atoms with Crippen molar-refractivity contribution in [2.24, 2.45) is 5.92 Å². The Morgan fingerprint density at radius 3 is 2.53 bits per heavy atom. The Bertz CT molecular complexity index is 388. The van der Waals surface area contributed by atoms with Crippen molar-refractivity contribution in [1.29, 1.82) is 0 Å². The molecule has 0 fully saturated rings. The summed E-state index contributed by atoms with van der Waals surface area (Å²) < 4.78 is 0. The molecule has 0 spiro atoms. The van der Waals surface area contributed by atoms with E-state index in [0.717, 1.165) is 19.0 Å². The molecule has 0 saturated heterocycles. The Balaban J connectivity index is 0.00000144. The fourth-order valence-electron chi connectivity index (χ4n) is 2.08. The van der Waals surface area contributed by atoms with Gasteiger partial charge in [0, 0.05) is 13.1 Å². The van der Waals surface area contributed by atoms with E-state index >= 15 is 0 Å². The van der Waals surface area contributed by atoms with E-state index in [9.17, 15) is 0 Å².